The summed E-state index contributed by atoms with van der Waals surface area (Å²) >= 11 is 1.69. The lowest BCUT2D eigenvalue weighted by molar-refractivity contribution is -0.140. The molecule has 0 spiro atoms. The van der Waals surface area contributed by atoms with Gasteiger partial charge in [0.1, 0.15) is 0 Å². The Balaban J connectivity index is 1.30. The van der Waals surface area contributed by atoms with Crippen molar-refractivity contribution in [2.75, 3.05) is 19.7 Å². The summed E-state index contributed by atoms with van der Waals surface area (Å²) < 4.78 is 6.05. The van der Waals surface area contributed by atoms with Gasteiger partial charge in [0.25, 0.3) is 0 Å². The predicted molar refractivity (Wildman–Crippen MR) is 91.3 cm³/mol. The van der Waals surface area contributed by atoms with Gasteiger partial charge in [-0.05, 0) is 43.0 Å². The van der Waals surface area contributed by atoms with Crippen molar-refractivity contribution in [1.82, 2.24) is 10.2 Å². The van der Waals surface area contributed by atoms with Crippen LogP contribution < -0.4 is 5.32 Å². The van der Waals surface area contributed by atoms with Crippen molar-refractivity contribution >= 4 is 17.2 Å². The second-order valence-electron chi connectivity index (χ2n) is 7.23. The molecule has 126 valence electrons. The van der Waals surface area contributed by atoms with Crippen LogP contribution in [-0.4, -0.2) is 42.6 Å². The number of nitrogens with one attached hydrogen (secondary N) is 1. The van der Waals surface area contributed by atoms with Crippen LogP contribution in [0.5, 0.6) is 0 Å². The number of hydrogen-bond acceptors (Lipinski definition) is 4. The Morgan fingerprint density at radius 1 is 1.39 bits per heavy atom. The lowest BCUT2D eigenvalue weighted by Crippen LogP contribution is -2.54. The summed E-state index contributed by atoms with van der Waals surface area (Å²) in [6.07, 6.45) is 6.63. The average molecular weight is 334 g/mol. The smallest absolute Gasteiger partial charge is 0.225 e. The SMILES string of the molecule is O=C(NCc1cccs1)[C@H]1CO[C@H]2CCN(C3CCC3)C[C@H]2C1. The molecule has 0 bridgehead atoms. The highest BCUT2D eigenvalue weighted by Gasteiger charge is 2.40. The number of nitrogens with zero attached hydrogens (tertiary/aromatic N) is 1. The van der Waals surface area contributed by atoms with E-state index in [0.717, 1.165) is 25.4 Å². The third-order valence-electron chi connectivity index (χ3n) is 5.77. The molecular weight excluding hydrogens is 308 g/mol. The zero-order chi connectivity index (χ0) is 15.6. The fourth-order valence-electron chi connectivity index (χ4n) is 4.16. The van der Waals surface area contributed by atoms with E-state index in [-0.39, 0.29) is 11.8 Å². The number of piperidine rings is 1. The monoisotopic (exact) mass is 334 g/mol. The summed E-state index contributed by atoms with van der Waals surface area (Å²) in [6.45, 7) is 3.56. The van der Waals surface area contributed by atoms with Gasteiger partial charge in [-0.1, -0.05) is 12.5 Å². The second-order valence-corrected chi connectivity index (χ2v) is 8.26. The molecule has 1 aliphatic carbocycles. The number of likely N-dealkylation sites (tertiary alicyclic amines) is 1. The van der Waals surface area contributed by atoms with Crippen molar-refractivity contribution in [1.29, 1.82) is 0 Å². The molecule has 5 heteroatoms. The van der Waals surface area contributed by atoms with Crippen LogP contribution >= 0.6 is 11.3 Å². The van der Waals surface area contributed by atoms with Crippen molar-refractivity contribution < 1.29 is 9.53 Å². The number of ether oxygens (including phenoxy) is 1. The molecule has 2 saturated heterocycles. The van der Waals surface area contributed by atoms with Crippen LogP contribution in [0.15, 0.2) is 17.5 Å². The van der Waals surface area contributed by atoms with Crippen molar-refractivity contribution in [2.45, 2.75) is 50.8 Å². The maximum atomic E-state index is 12.5. The number of carbonyl (C=O) groups is 1. The molecule has 2 aliphatic heterocycles. The first-order chi connectivity index (χ1) is 11.3. The molecule has 0 radical (unpaired) electrons. The molecule has 1 saturated carbocycles. The first-order valence-corrected chi connectivity index (χ1v) is 9.83. The summed E-state index contributed by atoms with van der Waals surface area (Å²) in [6, 6.07) is 4.90. The van der Waals surface area contributed by atoms with Gasteiger partial charge < -0.3 is 10.1 Å². The van der Waals surface area contributed by atoms with Gasteiger partial charge in [-0.25, -0.2) is 0 Å². The maximum Gasteiger partial charge on any atom is 0.225 e. The maximum absolute atomic E-state index is 12.5. The van der Waals surface area contributed by atoms with Crippen molar-refractivity contribution in [2.24, 2.45) is 11.8 Å². The molecule has 3 atom stereocenters. The predicted octanol–water partition coefficient (Wildman–Crippen LogP) is 2.64. The van der Waals surface area contributed by atoms with Gasteiger partial charge in [0.05, 0.1) is 25.2 Å². The molecule has 1 aromatic heterocycles. The molecule has 0 aromatic carbocycles. The van der Waals surface area contributed by atoms with E-state index < -0.39 is 0 Å². The number of fused-ring (bicyclic) bond motifs is 1. The third kappa shape index (κ3) is 3.47. The molecule has 4 rings (SSSR count). The number of thiophene rings is 1. The van der Waals surface area contributed by atoms with Gasteiger partial charge in [0.2, 0.25) is 5.91 Å². The van der Waals surface area contributed by atoms with E-state index in [9.17, 15) is 4.79 Å². The average Bonchev–Trinajstić information content (AvgIpc) is 3.03. The van der Waals surface area contributed by atoms with Crippen LogP contribution in [0, 0.1) is 11.8 Å². The Hall–Kier alpha value is -0.910. The summed E-state index contributed by atoms with van der Waals surface area (Å²) in [4.78, 5) is 16.3. The second kappa shape index (κ2) is 6.91. The molecule has 23 heavy (non-hydrogen) atoms. The Bertz CT molecular complexity index is 529. The largest absolute Gasteiger partial charge is 0.377 e. The van der Waals surface area contributed by atoms with Crippen molar-refractivity contribution in [3.8, 4) is 0 Å². The summed E-state index contributed by atoms with van der Waals surface area (Å²) in [5.74, 6) is 0.728. The summed E-state index contributed by atoms with van der Waals surface area (Å²) in [7, 11) is 0. The first-order valence-electron chi connectivity index (χ1n) is 8.95. The molecule has 4 nitrogen and oxygen atoms in total. The molecule has 1 amide bonds. The van der Waals surface area contributed by atoms with Crippen LogP contribution in [0.3, 0.4) is 0 Å². The molecule has 1 aromatic rings. The van der Waals surface area contributed by atoms with Gasteiger partial charge in [0.15, 0.2) is 0 Å². The molecule has 3 fully saturated rings. The highest BCUT2D eigenvalue weighted by atomic mass is 32.1. The van der Waals surface area contributed by atoms with E-state index in [4.69, 9.17) is 4.74 Å². The molecular formula is C18H26N2O2S. The summed E-state index contributed by atoms with van der Waals surface area (Å²) in [5, 5.41) is 5.13. The quantitative estimate of drug-likeness (QED) is 0.920. The standard InChI is InChI=1S/C18H26N2O2S/c21-18(19-10-16-5-2-8-23-16)14-9-13-11-20(15-3-1-4-15)7-6-17(13)22-12-14/h2,5,8,13-15,17H,1,3-4,6-7,9-12H2,(H,19,21)/t13-,14-,17+/m1/s1. The van der Waals surface area contributed by atoms with Gasteiger partial charge in [-0.3, -0.25) is 9.69 Å². The van der Waals surface area contributed by atoms with Gasteiger partial charge in [0, 0.05) is 24.0 Å². The molecule has 1 N–H and O–H groups in total. The van der Waals surface area contributed by atoms with Crippen LogP contribution in [0.2, 0.25) is 0 Å². The van der Waals surface area contributed by atoms with Gasteiger partial charge >= 0.3 is 0 Å². The Labute approximate surface area is 142 Å². The number of amides is 1. The van der Waals surface area contributed by atoms with E-state index in [0.29, 0.717) is 25.2 Å². The minimum Gasteiger partial charge on any atom is -0.377 e. The fraction of sp³-hybridized carbons (Fsp3) is 0.722. The zero-order valence-electron chi connectivity index (χ0n) is 13.6. The zero-order valence-corrected chi connectivity index (χ0v) is 14.4. The lowest BCUT2D eigenvalue weighted by Gasteiger charge is -2.47. The Kier molecular flexibility index (Phi) is 4.69. The van der Waals surface area contributed by atoms with Crippen molar-refractivity contribution in [3.05, 3.63) is 22.4 Å². The number of hydrogen-bond donors (Lipinski definition) is 1. The Morgan fingerprint density at radius 3 is 3.04 bits per heavy atom. The Morgan fingerprint density at radius 2 is 2.30 bits per heavy atom. The van der Waals surface area contributed by atoms with Gasteiger partial charge in [-0.15, -0.1) is 11.3 Å². The summed E-state index contributed by atoms with van der Waals surface area (Å²) in [5.41, 5.74) is 0. The lowest BCUT2D eigenvalue weighted by atomic mass is 9.81. The minimum atomic E-state index is 0.0255. The van der Waals surface area contributed by atoms with Crippen LogP contribution in [0.4, 0.5) is 0 Å². The highest BCUT2D eigenvalue weighted by Crippen LogP contribution is 2.35. The van der Waals surface area contributed by atoms with E-state index in [1.54, 1.807) is 11.3 Å². The number of rotatable bonds is 4. The van der Waals surface area contributed by atoms with E-state index in [1.807, 2.05) is 11.4 Å². The van der Waals surface area contributed by atoms with Crippen LogP contribution in [0.25, 0.3) is 0 Å². The number of carbonyl (C=O) groups excluding carboxylic acids is 1. The fourth-order valence-corrected chi connectivity index (χ4v) is 4.80. The molecule has 3 aliphatic rings. The highest BCUT2D eigenvalue weighted by molar-refractivity contribution is 7.09. The van der Waals surface area contributed by atoms with Gasteiger partial charge in [-0.2, -0.15) is 0 Å². The molecule has 3 heterocycles. The van der Waals surface area contributed by atoms with E-state index in [1.165, 1.54) is 30.7 Å². The normalized spacial score (nSPS) is 32.1. The van der Waals surface area contributed by atoms with Crippen LogP contribution in [0.1, 0.15) is 37.0 Å². The van der Waals surface area contributed by atoms with Crippen molar-refractivity contribution in [3.63, 3.8) is 0 Å². The minimum absolute atomic E-state index is 0.0255. The van der Waals surface area contributed by atoms with E-state index >= 15 is 0 Å². The topological polar surface area (TPSA) is 41.6 Å². The third-order valence-corrected chi connectivity index (χ3v) is 6.65. The molecule has 0 unspecified atom stereocenters. The van der Waals surface area contributed by atoms with Crippen LogP contribution in [-0.2, 0) is 16.1 Å². The first kappa shape index (κ1) is 15.6. The van der Waals surface area contributed by atoms with E-state index in [2.05, 4.69) is 16.3 Å².